The van der Waals surface area contributed by atoms with E-state index in [-0.39, 0.29) is 16.7 Å². The molecule has 0 aromatic carbocycles. The number of unbranched alkanes of at least 4 members (excludes halogenated alkanes) is 5. The van der Waals surface area contributed by atoms with Gasteiger partial charge in [0.2, 0.25) is 0 Å². The number of thioether (sulfide) groups is 1. The smallest absolute Gasteiger partial charge is 0.360 e. The molecule has 0 saturated carbocycles. The van der Waals surface area contributed by atoms with Crippen LogP contribution in [0.15, 0.2) is 5.03 Å². The minimum atomic E-state index is -0.563. The number of hydrogen-bond acceptors (Lipinski definition) is 6. The number of nitrogens with zero attached hydrogens (tertiary/aromatic N) is 2. The predicted octanol–water partition coefficient (Wildman–Crippen LogP) is 4.73. The summed E-state index contributed by atoms with van der Waals surface area (Å²) in [6, 6.07) is 0. The van der Waals surface area contributed by atoms with Crippen molar-refractivity contribution in [1.82, 2.24) is 9.97 Å². The normalized spacial score (nSPS) is 11.0. The van der Waals surface area contributed by atoms with Gasteiger partial charge in [-0.3, -0.25) is 0 Å². The van der Waals surface area contributed by atoms with E-state index >= 15 is 0 Å². The third-order valence-electron chi connectivity index (χ3n) is 3.12. The Morgan fingerprint density at radius 3 is 2.52 bits per heavy atom. The van der Waals surface area contributed by atoms with Crippen LogP contribution in [0.25, 0.3) is 0 Å². The van der Waals surface area contributed by atoms with Gasteiger partial charge in [-0.05, 0) is 6.42 Å². The molecule has 1 aromatic rings. The Labute approximate surface area is 147 Å². The quantitative estimate of drug-likeness (QED) is 0.369. The summed E-state index contributed by atoms with van der Waals surface area (Å²) in [4.78, 5) is 20.2. The molecule has 2 N–H and O–H groups in total. The van der Waals surface area contributed by atoms with Crippen LogP contribution in [0.4, 0.5) is 5.82 Å². The number of carbonyl (C=O) groups excluding carboxylic acids is 1. The minimum Gasteiger partial charge on any atom is -0.461 e. The molecule has 0 fully saturated rings. The first-order chi connectivity index (χ1) is 11.0. The summed E-state index contributed by atoms with van der Waals surface area (Å²) < 4.78 is 5.20. The lowest BCUT2D eigenvalue weighted by Gasteiger charge is -2.10. The number of esters is 1. The van der Waals surface area contributed by atoms with Gasteiger partial charge in [0.1, 0.15) is 5.03 Å². The first kappa shape index (κ1) is 20.0. The van der Waals surface area contributed by atoms with Crippen LogP contribution in [0.3, 0.4) is 0 Å². The standard InChI is InChI=1S/C16H26ClN3O2S/c1-4-5-6-7-8-9-10-22-16(21)12-14(18)20-15(13(17)19-12)23-11(2)3/h11H,4-10H2,1-3H3,(H2,18,20). The molecule has 1 heterocycles. The highest BCUT2D eigenvalue weighted by atomic mass is 35.5. The second kappa shape index (κ2) is 10.7. The fraction of sp³-hybridized carbons (Fsp3) is 0.688. The molecule has 1 aromatic heterocycles. The maximum absolute atomic E-state index is 12.0. The van der Waals surface area contributed by atoms with Gasteiger partial charge in [-0.1, -0.05) is 64.5 Å². The molecule has 0 spiro atoms. The summed E-state index contributed by atoms with van der Waals surface area (Å²) in [6.45, 7) is 6.58. The predicted molar refractivity (Wildman–Crippen MR) is 96.1 cm³/mol. The van der Waals surface area contributed by atoms with Crippen LogP contribution in [0.1, 0.15) is 69.8 Å². The minimum absolute atomic E-state index is 0.00547. The molecule has 0 aliphatic rings. The first-order valence-electron chi connectivity index (χ1n) is 8.12. The van der Waals surface area contributed by atoms with Crippen LogP contribution in [-0.4, -0.2) is 27.8 Å². The van der Waals surface area contributed by atoms with E-state index in [0.717, 1.165) is 12.8 Å². The molecule has 0 aliphatic carbocycles. The van der Waals surface area contributed by atoms with E-state index in [1.165, 1.54) is 37.4 Å². The van der Waals surface area contributed by atoms with E-state index in [9.17, 15) is 4.79 Å². The van der Waals surface area contributed by atoms with Crippen molar-refractivity contribution in [3.05, 3.63) is 10.8 Å². The number of carbonyl (C=O) groups is 1. The molecule has 0 unspecified atom stereocenters. The number of nitrogens with two attached hydrogens (primary N) is 1. The van der Waals surface area contributed by atoms with Gasteiger partial charge in [0.15, 0.2) is 16.7 Å². The highest BCUT2D eigenvalue weighted by Crippen LogP contribution is 2.28. The highest BCUT2D eigenvalue weighted by molar-refractivity contribution is 7.99. The molecule has 1 rings (SSSR count). The van der Waals surface area contributed by atoms with Crippen molar-refractivity contribution in [2.24, 2.45) is 0 Å². The Morgan fingerprint density at radius 1 is 1.22 bits per heavy atom. The average molecular weight is 360 g/mol. The van der Waals surface area contributed by atoms with Crippen molar-refractivity contribution in [1.29, 1.82) is 0 Å². The highest BCUT2D eigenvalue weighted by Gasteiger charge is 2.19. The SMILES string of the molecule is CCCCCCCCOC(=O)c1nc(Cl)c(SC(C)C)nc1N. The Balaban J connectivity index is 2.48. The number of ether oxygens (including phenoxy) is 1. The third kappa shape index (κ3) is 7.40. The summed E-state index contributed by atoms with van der Waals surface area (Å²) >= 11 is 7.52. The lowest BCUT2D eigenvalue weighted by atomic mass is 10.1. The monoisotopic (exact) mass is 359 g/mol. The molecular formula is C16H26ClN3O2S. The van der Waals surface area contributed by atoms with Gasteiger partial charge in [-0.2, -0.15) is 0 Å². The van der Waals surface area contributed by atoms with Crippen LogP contribution in [0, 0.1) is 0 Å². The number of anilines is 1. The topological polar surface area (TPSA) is 78.1 Å². The molecule has 0 amide bonds. The Morgan fingerprint density at radius 2 is 1.87 bits per heavy atom. The van der Waals surface area contributed by atoms with Crippen molar-refractivity contribution in [3.8, 4) is 0 Å². The maximum Gasteiger partial charge on any atom is 0.360 e. The Hall–Kier alpha value is -1.01. The summed E-state index contributed by atoms with van der Waals surface area (Å²) in [5, 5.41) is 1.02. The summed E-state index contributed by atoms with van der Waals surface area (Å²) in [5.41, 5.74) is 5.80. The van der Waals surface area contributed by atoms with E-state index in [2.05, 4.69) is 16.9 Å². The van der Waals surface area contributed by atoms with Gasteiger partial charge in [-0.25, -0.2) is 14.8 Å². The molecule has 130 valence electrons. The third-order valence-corrected chi connectivity index (χ3v) is 4.48. The lowest BCUT2D eigenvalue weighted by molar-refractivity contribution is 0.0491. The second-order valence-electron chi connectivity index (χ2n) is 5.62. The summed E-state index contributed by atoms with van der Waals surface area (Å²) in [6.07, 6.45) is 6.77. The molecule has 0 atom stereocenters. The van der Waals surface area contributed by atoms with Crippen molar-refractivity contribution >= 4 is 35.1 Å². The van der Waals surface area contributed by atoms with Gasteiger partial charge < -0.3 is 10.5 Å². The average Bonchev–Trinajstić information content (AvgIpc) is 2.49. The van der Waals surface area contributed by atoms with Crippen molar-refractivity contribution in [2.45, 2.75) is 69.6 Å². The van der Waals surface area contributed by atoms with E-state index in [4.69, 9.17) is 22.1 Å². The zero-order valence-corrected chi connectivity index (χ0v) is 15.7. The molecule has 23 heavy (non-hydrogen) atoms. The van der Waals surface area contributed by atoms with Gasteiger partial charge in [0, 0.05) is 5.25 Å². The molecular weight excluding hydrogens is 334 g/mol. The largest absolute Gasteiger partial charge is 0.461 e. The number of hydrogen-bond donors (Lipinski definition) is 1. The first-order valence-corrected chi connectivity index (χ1v) is 9.38. The van der Waals surface area contributed by atoms with Crippen molar-refractivity contribution in [2.75, 3.05) is 12.3 Å². The zero-order chi connectivity index (χ0) is 17.2. The molecule has 0 saturated heterocycles. The Kier molecular flexibility index (Phi) is 9.33. The summed E-state index contributed by atoms with van der Waals surface area (Å²) in [5.74, 6) is -0.503. The van der Waals surface area contributed by atoms with E-state index in [1.54, 1.807) is 0 Å². The molecule has 0 aliphatic heterocycles. The van der Waals surface area contributed by atoms with Crippen LogP contribution in [-0.2, 0) is 4.74 Å². The van der Waals surface area contributed by atoms with Crippen molar-refractivity contribution < 1.29 is 9.53 Å². The molecule has 5 nitrogen and oxygen atoms in total. The fourth-order valence-electron chi connectivity index (χ4n) is 1.98. The van der Waals surface area contributed by atoms with E-state index in [0.29, 0.717) is 16.9 Å². The number of aromatic nitrogens is 2. The summed E-state index contributed by atoms with van der Waals surface area (Å²) in [7, 11) is 0. The van der Waals surface area contributed by atoms with E-state index in [1.807, 2.05) is 13.8 Å². The van der Waals surface area contributed by atoms with Gasteiger partial charge in [0.05, 0.1) is 6.61 Å². The van der Waals surface area contributed by atoms with Crippen LogP contribution >= 0.6 is 23.4 Å². The zero-order valence-electron chi connectivity index (χ0n) is 14.1. The number of halogens is 1. The van der Waals surface area contributed by atoms with E-state index < -0.39 is 5.97 Å². The van der Waals surface area contributed by atoms with Crippen LogP contribution in [0.5, 0.6) is 0 Å². The number of nitrogen functional groups attached to an aromatic ring is 1. The van der Waals surface area contributed by atoms with Gasteiger partial charge in [-0.15, -0.1) is 11.8 Å². The van der Waals surface area contributed by atoms with Crippen LogP contribution < -0.4 is 5.73 Å². The number of rotatable bonds is 10. The molecule has 7 heteroatoms. The Bertz CT molecular complexity index is 512. The molecule has 0 radical (unpaired) electrons. The molecule has 0 bridgehead atoms. The fourth-order valence-corrected chi connectivity index (χ4v) is 2.98. The lowest BCUT2D eigenvalue weighted by Crippen LogP contribution is -2.13. The van der Waals surface area contributed by atoms with Crippen molar-refractivity contribution in [3.63, 3.8) is 0 Å². The van der Waals surface area contributed by atoms with Crippen LogP contribution in [0.2, 0.25) is 5.15 Å². The van der Waals surface area contributed by atoms with Gasteiger partial charge in [0.25, 0.3) is 0 Å². The van der Waals surface area contributed by atoms with Gasteiger partial charge >= 0.3 is 5.97 Å². The maximum atomic E-state index is 12.0. The second-order valence-corrected chi connectivity index (χ2v) is 7.55.